The summed E-state index contributed by atoms with van der Waals surface area (Å²) in [5.41, 5.74) is 5.62. The van der Waals surface area contributed by atoms with E-state index in [1.54, 1.807) is 12.1 Å². The van der Waals surface area contributed by atoms with Gasteiger partial charge in [0.25, 0.3) is 0 Å². The van der Waals surface area contributed by atoms with Gasteiger partial charge in [-0.1, -0.05) is 157 Å². The predicted molar refractivity (Wildman–Crippen MR) is 212 cm³/mol. The smallest absolute Gasteiger partial charge is 0.136 e. The molecule has 0 unspecified atom stereocenters. The Hall–Kier alpha value is -6.44. The minimum atomic E-state index is -0.615. The van der Waals surface area contributed by atoms with Crippen LogP contribution in [0.25, 0.3) is 87.6 Å². The molecule has 0 aliphatic heterocycles. The van der Waals surface area contributed by atoms with Crippen molar-refractivity contribution in [3.8, 4) is 33.4 Å². The van der Waals surface area contributed by atoms with E-state index in [9.17, 15) is 2.74 Å². The Bertz CT molecular complexity index is 3520. The molecule has 234 valence electrons. The molecule has 0 saturated carbocycles. The number of benzene rings is 9. The summed E-state index contributed by atoms with van der Waals surface area (Å²) in [6.45, 7) is 0. The first kappa shape index (κ1) is 18.4. The van der Waals surface area contributed by atoms with Crippen LogP contribution < -0.4 is 0 Å². The highest BCUT2D eigenvalue weighted by Crippen LogP contribution is 2.41. The van der Waals surface area contributed by atoms with E-state index in [1.165, 1.54) is 0 Å². The summed E-state index contributed by atoms with van der Waals surface area (Å²) in [5.74, 6) is 0. The third-order valence-corrected chi connectivity index (χ3v) is 9.46. The summed E-state index contributed by atoms with van der Waals surface area (Å²) >= 11 is 0. The van der Waals surface area contributed by atoms with Gasteiger partial charge >= 0.3 is 0 Å². The Kier molecular flexibility index (Phi) is 4.26. The second kappa shape index (κ2) is 11.6. The first-order valence-corrected chi connectivity index (χ1v) is 16.2. The summed E-state index contributed by atoms with van der Waals surface area (Å²) < 4.78 is 120. The third-order valence-electron chi connectivity index (χ3n) is 9.46. The fourth-order valence-corrected chi connectivity index (χ4v) is 7.14. The molecule has 0 atom stereocenters. The van der Waals surface area contributed by atoms with E-state index in [0.717, 1.165) is 49.4 Å². The summed E-state index contributed by atoms with van der Waals surface area (Å²) in [7, 11) is 0. The van der Waals surface area contributed by atoms with Gasteiger partial charge in [-0.05, 0) is 108 Å². The first-order valence-electron chi connectivity index (χ1n) is 22.7. The highest BCUT2D eigenvalue weighted by molar-refractivity contribution is 6.15. The minimum absolute atomic E-state index is 0.0113. The van der Waals surface area contributed by atoms with Crippen LogP contribution in [0.1, 0.15) is 28.9 Å². The molecular formula is C49H32O. The molecule has 0 aliphatic carbocycles. The standard InChI is InChI=1S/C49H32O/c1-2-11-32(12-3-1)29-45-40-16-6-8-18-43(40)49(44-19-9-7-17-41(44)45)35-23-21-33(22-24-35)36-26-28-47-46(30-36)42-27-25-37(31-48(42)50-47)39-20-10-14-34-13-4-5-15-38(34)39/h1-28,30-31H,29H2/i1D,2D,3D,6D,7D,8D,9D,11D,12D,16D,17D,18D,19D. The normalized spacial score (nSPS) is 15.3. The molecule has 0 amide bonds. The average Bonchev–Trinajstić information content (AvgIpc) is 3.67. The van der Waals surface area contributed by atoms with Gasteiger partial charge in [0.05, 0.1) is 17.8 Å². The lowest BCUT2D eigenvalue weighted by Crippen LogP contribution is -1.95. The van der Waals surface area contributed by atoms with Gasteiger partial charge in [-0.3, -0.25) is 0 Å². The lowest BCUT2D eigenvalue weighted by molar-refractivity contribution is 0.669. The van der Waals surface area contributed by atoms with E-state index in [1.807, 2.05) is 48.5 Å². The Balaban J connectivity index is 1.16. The predicted octanol–water partition coefficient (Wildman–Crippen LogP) is 13.6. The van der Waals surface area contributed by atoms with E-state index in [4.69, 9.17) is 19.5 Å². The monoisotopic (exact) mass is 649 g/mol. The van der Waals surface area contributed by atoms with Gasteiger partial charge in [0, 0.05) is 10.8 Å². The lowest BCUT2D eigenvalue weighted by atomic mass is 9.86. The van der Waals surface area contributed by atoms with Crippen molar-refractivity contribution in [3.05, 3.63) is 193 Å². The van der Waals surface area contributed by atoms with Crippen molar-refractivity contribution in [2.24, 2.45) is 0 Å². The van der Waals surface area contributed by atoms with Crippen LogP contribution in [0.5, 0.6) is 0 Å². The van der Waals surface area contributed by atoms with E-state index < -0.39 is 85.0 Å². The zero-order valence-corrected chi connectivity index (χ0v) is 26.4. The SMILES string of the molecule is [2H]c1c([2H])c([2H])c(Cc2c3c([2H])c([2H])c([2H])c([2H])c3c(-c3ccc(-c4ccc5oc6cc(-c7cccc8ccccc78)ccc6c5c4)cc3)c3c([2H])c([2H])c([2H])c([2H])c23)c([2H])c1[2H]. The fraction of sp³-hybridized carbons (Fsp3) is 0.0204. The van der Waals surface area contributed by atoms with Crippen molar-refractivity contribution in [3.63, 3.8) is 0 Å². The van der Waals surface area contributed by atoms with Gasteiger partial charge in [0.1, 0.15) is 11.2 Å². The molecule has 1 heteroatoms. The number of fused-ring (bicyclic) bond motifs is 6. The fourth-order valence-electron chi connectivity index (χ4n) is 7.14. The Morgan fingerprint density at radius 3 is 1.84 bits per heavy atom. The molecule has 0 bridgehead atoms. The van der Waals surface area contributed by atoms with Gasteiger partial charge in [-0.25, -0.2) is 0 Å². The van der Waals surface area contributed by atoms with E-state index >= 15 is 0 Å². The molecule has 0 N–H and O–H groups in total. The molecule has 0 aliphatic rings. The third kappa shape index (κ3) is 4.70. The van der Waals surface area contributed by atoms with Crippen LogP contribution in [0.15, 0.2) is 186 Å². The molecule has 1 aromatic heterocycles. The maximum atomic E-state index is 9.22. The van der Waals surface area contributed by atoms with Crippen molar-refractivity contribution >= 4 is 54.3 Å². The van der Waals surface area contributed by atoms with E-state index in [0.29, 0.717) is 11.1 Å². The molecule has 10 aromatic rings. The Labute approximate surface area is 308 Å². The number of furan rings is 1. The average molecular weight is 650 g/mol. The van der Waals surface area contributed by atoms with E-state index in [-0.39, 0.29) is 38.2 Å². The molecule has 0 saturated heterocycles. The van der Waals surface area contributed by atoms with Crippen LogP contribution in [-0.2, 0) is 6.42 Å². The molecule has 0 radical (unpaired) electrons. The number of hydrogen-bond acceptors (Lipinski definition) is 1. The molecule has 0 spiro atoms. The van der Waals surface area contributed by atoms with Crippen LogP contribution in [0.3, 0.4) is 0 Å². The zero-order valence-electron chi connectivity index (χ0n) is 39.4. The Morgan fingerprint density at radius 1 is 0.420 bits per heavy atom. The van der Waals surface area contributed by atoms with Crippen molar-refractivity contribution in [1.82, 2.24) is 0 Å². The van der Waals surface area contributed by atoms with Crippen molar-refractivity contribution < 1.29 is 22.2 Å². The van der Waals surface area contributed by atoms with Crippen molar-refractivity contribution in [2.75, 3.05) is 0 Å². The van der Waals surface area contributed by atoms with Gasteiger partial charge < -0.3 is 4.42 Å². The van der Waals surface area contributed by atoms with Gasteiger partial charge in [-0.2, -0.15) is 0 Å². The van der Waals surface area contributed by atoms with Gasteiger partial charge in [0.2, 0.25) is 0 Å². The van der Waals surface area contributed by atoms with Crippen LogP contribution in [-0.4, -0.2) is 0 Å². The van der Waals surface area contributed by atoms with Crippen LogP contribution >= 0.6 is 0 Å². The number of rotatable bonds is 5. The largest absolute Gasteiger partial charge is 0.456 e. The highest BCUT2D eigenvalue weighted by atomic mass is 16.3. The second-order valence-corrected chi connectivity index (χ2v) is 12.3. The van der Waals surface area contributed by atoms with Crippen LogP contribution in [0.4, 0.5) is 0 Å². The first-order chi connectivity index (χ1) is 30.2. The van der Waals surface area contributed by atoms with Crippen molar-refractivity contribution in [2.45, 2.75) is 6.42 Å². The number of hydrogen-bond donors (Lipinski definition) is 0. The maximum absolute atomic E-state index is 9.22. The van der Waals surface area contributed by atoms with Crippen molar-refractivity contribution in [1.29, 1.82) is 0 Å². The van der Waals surface area contributed by atoms with Crippen LogP contribution in [0, 0.1) is 0 Å². The van der Waals surface area contributed by atoms with Gasteiger partial charge in [-0.15, -0.1) is 0 Å². The molecule has 1 nitrogen and oxygen atoms in total. The second-order valence-electron chi connectivity index (χ2n) is 12.3. The summed E-state index contributed by atoms with van der Waals surface area (Å²) in [6, 6.07) is 26.6. The topological polar surface area (TPSA) is 13.1 Å². The molecule has 10 rings (SSSR count). The molecular weight excluding hydrogens is 605 g/mol. The molecule has 50 heavy (non-hydrogen) atoms. The molecule has 0 fully saturated rings. The lowest BCUT2D eigenvalue weighted by Gasteiger charge is -2.18. The van der Waals surface area contributed by atoms with Crippen LogP contribution in [0.2, 0.25) is 0 Å². The molecule has 9 aromatic carbocycles. The summed E-state index contributed by atoms with van der Waals surface area (Å²) in [5, 5.41) is 3.94. The quantitative estimate of drug-likeness (QED) is 0.169. The Morgan fingerprint density at radius 2 is 1.06 bits per heavy atom. The summed E-state index contributed by atoms with van der Waals surface area (Å²) in [6.07, 6.45) is -0.484. The minimum Gasteiger partial charge on any atom is -0.456 e. The zero-order chi connectivity index (χ0) is 44.3. The van der Waals surface area contributed by atoms with E-state index in [2.05, 4.69) is 42.5 Å². The van der Waals surface area contributed by atoms with Gasteiger partial charge in [0.15, 0.2) is 0 Å². The highest BCUT2D eigenvalue weighted by Gasteiger charge is 2.16. The maximum Gasteiger partial charge on any atom is 0.136 e. The summed E-state index contributed by atoms with van der Waals surface area (Å²) in [4.78, 5) is 0. The molecule has 1 heterocycles.